The average molecular weight is 437 g/mol. The number of nitrogens with zero attached hydrogens (tertiary/aromatic N) is 3. The molecule has 164 valence electrons. The zero-order valence-corrected chi connectivity index (χ0v) is 17.2. The van der Waals surface area contributed by atoms with Gasteiger partial charge in [-0.3, -0.25) is 4.79 Å². The lowest BCUT2D eigenvalue weighted by Gasteiger charge is -2.14. The Morgan fingerprint density at radius 2 is 2.03 bits per heavy atom. The number of aliphatic hydroxyl groups excluding tert-OH is 1. The topological polar surface area (TPSA) is 106 Å². The molecule has 0 saturated heterocycles. The van der Waals surface area contributed by atoms with Gasteiger partial charge in [-0.05, 0) is 54.3 Å². The summed E-state index contributed by atoms with van der Waals surface area (Å²) in [4.78, 5) is 16.8. The predicted molar refractivity (Wildman–Crippen MR) is 116 cm³/mol. The van der Waals surface area contributed by atoms with Crippen molar-refractivity contribution in [3.63, 3.8) is 0 Å². The molecule has 0 aliphatic heterocycles. The van der Waals surface area contributed by atoms with Crippen molar-refractivity contribution in [2.75, 3.05) is 12.3 Å². The number of benzene rings is 2. The number of nitrogens with two attached hydrogens (primary N) is 1. The van der Waals surface area contributed by atoms with Crippen molar-refractivity contribution in [3.8, 4) is 11.1 Å². The van der Waals surface area contributed by atoms with E-state index < -0.39 is 23.6 Å². The summed E-state index contributed by atoms with van der Waals surface area (Å²) in [6.45, 7) is 1.73. The average Bonchev–Trinajstić information content (AvgIpc) is 3.13. The number of nitrogens with one attached hydrogen (secondary N) is 1. The van der Waals surface area contributed by atoms with E-state index in [0.29, 0.717) is 22.3 Å². The normalized spacial score (nSPS) is 12.1. The van der Waals surface area contributed by atoms with Gasteiger partial charge in [0.05, 0.1) is 11.7 Å². The van der Waals surface area contributed by atoms with Gasteiger partial charge in [0.1, 0.15) is 11.6 Å². The summed E-state index contributed by atoms with van der Waals surface area (Å²) in [6.07, 6.45) is 0.812. The van der Waals surface area contributed by atoms with E-state index in [2.05, 4.69) is 15.4 Å². The van der Waals surface area contributed by atoms with Crippen molar-refractivity contribution in [2.45, 2.75) is 19.4 Å². The van der Waals surface area contributed by atoms with E-state index >= 15 is 4.39 Å². The minimum Gasteiger partial charge on any atom is -0.388 e. The van der Waals surface area contributed by atoms with Gasteiger partial charge >= 0.3 is 0 Å². The lowest BCUT2D eigenvalue weighted by Crippen LogP contribution is -2.27. The summed E-state index contributed by atoms with van der Waals surface area (Å²) < 4.78 is 30.1. The van der Waals surface area contributed by atoms with Crippen molar-refractivity contribution in [1.29, 1.82) is 0 Å². The highest BCUT2D eigenvalue weighted by Crippen LogP contribution is 2.28. The van der Waals surface area contributed by atoms with Crippen LogP contribution in [0.4, 0.5) is 14.7 Å². The molecule has 2 aromatic heterocycles. The van der Waals surface area contributed by atoms with E-state index in [-0.39, 0.29) is 30.0 Å². The molecule has 4 aromatic rings. The first-order valence-electron chi connectivity index (χ1n) is 9.96. The summed E-state index contributed by atoms with van der Waals surface area (Å²) in [6, 6.07) is 12.2. The number of pyridine rings is 1. The SMILES string of the molecule is Cc1ccc(-c2ccn3nc(N)nc3c2)c(F)c1C(=O)NCC[C@H](O)c1cccc(F)c1. The van der Waals surface area contributed by atoms with E-state index in [0.717, 1.165) is 0 Å². The maximum absolute atomic E-state index is 15.4. The molecule has 9 heteroatoms. The quantitative estimate of drug-likeness (QED) is 0.429. The summed E-state index contributed by atoms with van der Waals surface area (Å²) >= 11 is 0. The van der Waals surface area contributed by atoms with Gasteiger partial charge in [0, 0.05) is 18.3 Å². The number of fused-ring (bicyclic) bond motifs is 1. The van der Waals surface area contributed by atoms with Gasteiger partial charge in [-0.15, -0.1) is 5.10 Å². The molecule has 2 heterocycles. The minimum atomic E-state index is -0.953. The molecule has 4 N–H and O–H groups in total. The Morgan fingerprint density at radius 3 is 2.81 bits per heavy atom. The Balaban J connectivity index is 1.52. The number of rotatable bonds is 6. The van der Waals surface area contributed by atoms with Crippen LogP contribution in [-0.2, 0) is 0 Å². The fourth-order valence-electron chi connectivity index (χ4n) is 3.53. The van der Waals surface area contributed by atoms with Gasteiger partial charge in [-0.25, -0.2) is 13.3 Å². The van der Waals surface area contributed by atoms with E-state index in [1.54, 1.807) is 43.5 Å². The van der Waals surface area contributed by atoms with E-state index in [1.807, 2.05) is 0 Å². The third kappa shape index (κ3) is 4.28. The number of amides is 1. The van der Waals surface area contributed by atoms with Crippen LogP contribution in [-0.4, -0.2) is 32.2 Å². The van der Waals surface area contributed by atoms with Gasteiger partial charge in [-0.2, -0.15) is 4.98 Å². The third-order valence-electron chi connectivity index (χ3n) is 5.18. The summed E-state index contributed by atoms with van der Waals surface area (Å²) in [5.41, 5.74) is 7.63. The van der Waals surface area contributed by atoms with Crippen molar-refractivity contribution in [2.24, 2.45) is 0 Å². The molecule has 0 aliphatic rings. The molecular weight excluding hydrogens is 416 g/mol. The number of hydrogen-bond donors (Lipinski definition) is 3. The Kier molecular flexibility index (Phi) is 5.83. The predicted octanol–water partition coefficient (Wildman–Crippen LogP) is 3.42. The highest BCUT2D eigenvalue weighted by Gasteiger charge is 2.20. The van der Waals surface area contributed by atoms with Crippen molar-refractivity contribution >= 4 is 17.5 Å². The molecule has 1 atom stereocenters. The summed E-state index contributed by atoms with van der Waals surface area (Å²) in [7, 11) is 0. The molecule has 4 rings (SSSR count). The zero-order chi connectivity index (χ0) is 22.8. The first-order valence-corrected chi connectivity index (χ1v) is 9.96. The van der Waals surface area contributed by atoms with Crippen LogP contribution >= 0.6 is 0 Å². The van der Waals surface area contributed by atoms with Crippen LogP contribution < -0.4 is 11.1 Å². The number of hydrogen-bond acceptors (Lipinski definition) is 5. The fraction of sp³-hybridized carbons (Fsp3) is 0.174. The largest absolute Gasteiger partial charge is 0.388 e. The van der Waals surface area contributed by atoms with E-state index in [4.69, 9.17) is 5.73 Å². The fourth-order valence-corrected chi connectivity index (χ4v) is 3.53. The number of anilines is 1. The summed E-state index contributed by atoms with van der Waals surface area (Å²) in [5, 5.41) is 16.8. The number of aliphatic hydroxyl groups is 1. The maximum Gasteiger partial charge on any atom is 0.254 e. The van der Waals surface area contributed by atoms with Crippen molar-refractivity contribution < 1.29 is 18.7 Å². The Labute approximate surface area is 182 Å². The van der Waals surface area contributed by atoms with Gasteiger partial charge in [0.25, 0.3) is 5.91 Å². The van der Waals surface area contributed by atoms with Crippen molar-refractivity contribution in [3.05, 3.63) is 83.1 Å². The third-order valence-corrected chi connectivity index (χ3v) is 5.18. The molecule has 0 fully saturated rings. The minimum absolute atomic E-state index is 0.0800. The van der Waals surface area contributed by atoms with Crippen LogP contribution in [0.25, 0.3) is 16.8 Å². The standard InChI is InChI=1S/C23H21F2N5O2/c1-13-5-6-17(14-8-10-30-19(12-14)28-23(26)29-30)21(25)20(13)22(32)27-9-7-18(31)15-3-2-4-16(24)11-15/h2-6,8,10-12,18,31H,7,9H2,1H3,(H2,26,29)(H,27,32)/t18-/m0/s1. The Bertz CT molecular complexity index is 1310. The summed E-state index contributed by atoms with van der Waals surface area (Å²) in [5.74, 6) is -1.61. The number of halogens is 2. The zero-order valence-electron chi connectivity index (χ0n) is 17.2. The monoisotopic (exact) mass is 437 g/mol. The Morgan fingerprint density at radius 1 is 1.22 bits per heavy atom. The van der Waals surface area contributed by atoms with E-state index in [9.17, 15) is 14.3 Å². The lowest BCUT2D eigenvalue weighted by molar-refractivity contribution is 0.0938. The second-order valence-electron chi connectivity index (χ2n) is 7.42. The first-order chi connectivity index (χ1) is 15.3. The second-order valence-corrected chi connectivity index (χ2v) is 7.42. The number of aryl methyl sites for hydroxylation is 1. The maximum atomic E-state index is 15.4. The van der Waals surface area contributed by atoms with Crippen LogP contribution in [0.1, 0.15) is 34.0 Å². The van der Waals surface area contributed by atoms with Gasteiger partial charge < -0.3 is 16.2 Å². The molecule has 0 radical (unpaired) electrons. The number of carbonyl (C=O) groups is 1. The van der Waals surface area contributed by atoms with Crippen LogP contribution in [0.5, 0.6) is 0 Å². The Hall–Kier alpha value is -3.85. The number of carbonyl (C=O) groups excluding carboxylic acids is 1. The van der Waals surface area contributed by atoms with Crippen LogP contribution in [0.3, 0.4) is 0 Å². The number of nitrogen functional groups attached to an aromatic ring is 1. The number of aromatic nitrogens is 3. The molecule has 7 nitrogen and oxygen atoms in total. The van der Waals surface area contributed by atoms with Crippen LogP contribution in [0, 0.1) is 18.6 Å². The molecule has 1 amide bonds. The molecular formula is C23H21F2N5O2. The van der Waals surface area contributed by atoms with E-state index in [1.165, 1.54) is 22.7 Å². The smallest absolute Gasteiger partial charge is 0.254 e. The van der Waals surface area contributed by atoms with Crippen LogP contribution in [0.15, 0.2) is 54.7 Å². The lowest BCUT2D eigenvalue weighted by atomic mass is 9.98. The van der Waals surface area contributed by atoms with Gasteiger partial charge in [0.2, 0.25) is 5.95 Å². The molecule has 2 aromatic carbocycles. The first kappa shape index (κ1) is 21.4. The highest BCUT2D eigenvalue weighted by atomic mass is 19.1. The van der Waals surface area contributed by atoms with Crippen LogP contribution in [0.2, 0.25) is 0 Å². The molecule has 0 aliphatic carbocycles. The van der Waals surface area contributed by atoms with Crippen molar-refractivity contribution in [1.82, 2.24) is 19.9 Å². The molecule has 0 unspecified atom stereocenters. The molecule has 32 heavy (non-hydrogen) atoms. The molecule has 0 bridgehead atoms. The second kappa shape index (κ2) is 8.72. The highest BCUT2D eigenvalue weighted by molar-refractivity contribution is 5.97. The van der Waals surface area contributed by atoms with Gasteiger partial charge in [-0.1, -0.05) is 24.3 Å². The van der Waals surface area contributed by atoms with Gasteiger partial charge in [0.15, 0.2) is 5.65 Å². The molecule has 0 saturated carbocycles. The molecule has 0 spiro atoms.